The fraction of sp³-hybridized carbons (Fsp3) is 0.182. The maximum Gasteiger partial charge on any atom is 0.235 e. The first-order valence-electron chi connectivity index (χ1n) is 16.3. The lowest BCUT2D eigenvalue weighted by atomic mass is 9.13. The molecule has 0 fully saturated rings. The Morgan fingerprint density at radius 1 is 0.348 bits per heavy atom. The molecule has 232 valence electrons. The van der Waals surface area contributed by atoms with Crippen molar-refractivity contribution in [3.8, 4) is 22.3 Å². The molecule has 0 atom stereocenters. The summed E-state index contributed by atoms with van der Waals surface area (Å²) in [5.74, 6) is 0. The van der Waals surface area contributed by atoms with Gasteiger partial charge in [0.2, 0.25) is 24.0 Å². The van der Waals surface area contributed by atoms with Crippen LogP contribution in [0.2, 0.25) is 0 Å². The summed E-state index contributed by atoms with van der Waals surface area (Å²) < 4.78 is 0. The van der Waals surface area contributed by atoms with Crippen LogP contribution in [0.25, 0.3) is 22.3 Å². The summed E-state index contributed by atoms with van der Waals surface area (Å²) in [7, 11) is 0. The van der Waals surface area contributed by atoms with Gasteiger partial charge in [0.15, 0.2) is 0 Å². The summed E-state index contributed by atoms with van der Waals surface area (Å²) in [6, 6.07) is 58.9. The van der Waals surface area contributed by atoms with Crippen LogP contribution in [0.3, 0.4) is 0 Å². The summed E-state index contributed by atoms with van der Waals surface area (Å²) in [5, 5.41) is 0. The molecule has 0 aliphatic carbocycles. The van der Waals surface area contributed by atoms with Gasteiger partial charge in [-0.1, -0.05) is 199 Å². The van der Waals surface area contributed by atoms with Gasteiger partial charge in [-0.05, 0) is 44.2 Å². The van der Waals surface area contributed by atoms with Crippen LogP contribution in [0.4, 0.5) is 0 Å². The molecule has 0 radical (unpaired) electrons. The van der Waals surface area contributed by atoms with Gasteiger partial charge >= 0.3 is 0 Å². The van der Waals surface area contributed by atoms with E-state index in [4.69, 9.17) is 0 Å². The molecule has 0 nitrogen and oxygen atoms in total. The molecule has 0 amide bonds. The van der Waals surface area contributed by atoms with Crippen molar-refractivity contribution in [1.29, 1.82) is 0 Å². The van der Waals surface area contributed by atoms with Gasteiger partial charge in [0.1, 0.15) is 6.15 Å². The molecular weight excluding hydrogens is 666 g/mol. The lowest BCUT2D eigenvalue weighted by Gasteiger charge is -2.44. The highest BCUT2D eigenvalue weighted by atomic mass is 127. The Labute approximate surface area is 293 Å². The molecule has 6 aromatic carbocycles. The molecule has 46 heavy (non-hydrogen) atoms. The zero-order valence-electron chi connectivity index (χ0n) is 28.0. The molecule has 6 aromatic rings. The molecule has 6 rings (SSSR count). The van der Waals surface area contributed by atoms with Gasteiger partial charge in [0.05, 0.1) is 0 Å². The lowest BCUT2D eigenvalue weighted by Crippen LogP contribution is -3.00. The van der Waals surface area contributed by atoms with Crippen LogP contribution >= 0.6 is 0 Å². The van der Waals surface area contributed by atoms with Gasteiger partial charge in [-0.25, -0.2) is 0 Å². The second-order valence-corrected chi connectivity index (χ2v) is 14.6. The molecule has 0 aliphatic heterocycles. The van der Waals surface area contributed by atoms with Crippen LogP contribution in [0, 0.1) is 0 Å². The highest BCUT2D eigenvalue weighted by Gasteiger charge is 2.32. The van der Waals surface area contributed by atoms with E-state index >= 15 is 0 Å². The van der Waals surface area contributed by atoms with E-state index < -0.39 is 6.15 Å². The van der Waals surface area contributed by atoms with E-state index in [1.807, 2.05) is 0 Å². The first-order chi connectivity index (χ1) is 21.6. The van der Waals surface area contributed by atoms with E-state index in [2.05, 4.69) is 199 Å². The average molecular weight is 713 g/mol. The fourth-order valence-electron chi connectivity index (χ4n) is 7.00. The average Bonchev–Trinajstić information content (AvgIpc) is 3.06. The van der Waals surface area contributed by atoms with Crippen molar-refractivity contribution in [2.24, 2.45) is 0 Å². The second-order valence-electron chi connectivity index (χ2n) is 14.6. The molecule has 0 saturated carbocycles. The van der Waals surface area contributed by atoms with Crippen molar-refractivity contribution in [3.63, 3.8) is 0 Å². The largest absolute Gasteiger partial charge is 0.235 e. The van der Waals surface area contributed by atoms with Crippen molar-refractivity contribution in [2.45, 2.75) is 52.4 Å². The standard InChI is InChI=1S/C44H44B.H2I/c1-43(2,3)35-26-22-33(23-27-35)41-31-30-40(32-42(41)34-24-28-36(29-25-34)44(4,5)6)45(37-16-10-7-11-17-37,38-18-12-8-13-19-38)39-20-14-9-15-21-39;/h7-32H,1-6H3;1H2/q-1;+1. The number of rotatable bonds is 6. The van der Waals surface area contributed by atoms with Gasteiger partial charge in [-0.2, -0.15) is 21.9 Å². The topological polar surface area (TPSA) is 0 Å². The van der Waals surface area contributed by atoms with Gasteiger partial charge in [0, 0.05) is 0 Å². The van der Waals surface area contributed by atoms with E-state index in [1.165, 1.54) is 55.2 Å². The summed E-state index contributed by atoms with van der Waals surface area (Å²) >= 11 is 0. The number of halogens is 1. The van der Waals surface area contributed by atoms with Crippen LogP contribution < -0.4 is 45.8 Å². The molecule has 0 N–H and O–H groups in total. The maximum atomic E-state index is 2.48. The van der Waals surface area contributed by atoms with E-state index in [0.717, 1.165) is 0 Å². The Bertz CT molecular complexity index is 1760. The minimum Gasteiger partial charge on any atom is -0.195 e. The maximum absolute atomic E-state index is 2.48. The molecule has 0 unspecified atom stereocenters. The Kier molecular flexibility index (Phi) is 9.79. The molecule has 2 heteroatoms. The van der Waals surface area contributed by atoms with Crippen molar-refractivity contribution < 1.29 is 24.0 Å². The SMILES string of the molecule is CC(C)(C)c1ccc(-c2ccc([B-](c3ccccc3)(c3ccccc3)c3ccccc3)cc2-c2ccc(C(C)(C)C)cc2)cc1.[IH2+]. The van der Waals surface area contributed by atoms with E-state index in [-0.39, 0.29) is 34.8 Å². The van der Waals surface area contributed by atoms with Crippen molar-refractivity contribution >= 4 is 28.0 Å². The molecular formula is C44H46BI. The quantitative estimate of drug-likeness (QED) is 0.159. The van der Waals surface area contributed by atoms with Gasteiger partial charge in [0.25, 0.3) is 0 Å². The van der Waals surface area contributed by atoms with Crippen molar-refractivity contribution in [3.05, 3.63) is 169 Å². The van der Waals surface area contributed by atoms with E-state index in [0.29, 0.717) is 0 Å². The van der Waals surface area contributed by atoms with Crippen LogP contribution in [0.1, 0.15) is 52.7 Å². The molecule has 0 aliphatic rings. The predicted octanol–water partition coefficient (Wildman–Crippen LogP) is 5.46. The fourth-order valence-corrected chi connectivity index (χ4v) is 7.00. The normalized spacial score (nSPS) is 12.0. The van der Waals surface area contributed by atoms with Gasteiger partial charge in [-0.3, -0.25) is 0 Å². The Hall–Kier alpha value is -3.89. The van der Waals surface area contributed by atoms with Crippen molar-refractivity contribution in [1.82, 2.24) is 0 Å². The van der Waals surface area contributed by atoms with Gasteiger partial charge < -0.3 is 0 Å². The summed E-state index contributed by atoms with van der Waals surface area (Å²) in [5.41, 5.74) is 13.1. The number of hydrogen-bond donors (Lipinski definition) is 0. The minimum absolute atomic E-state index is 0. The minimum atomic E-state index is -1.47. The lowest BCUT2D eigenvalue weighted by molar-refractivity contribution is -0.00000958. The Morgan fingerprint density at radius 2 is 0.696 bits per heavy atom. The van der Waals surface area contributed by atoms with Crippen LogP contribution in [-0.4, -0.2) is 6.15 Å². The molecule has 0 aromatic heterocycles. The molecule has 0 spiro atoms. The zero-order chi connectivity index (χ0) is 31.7. The monoisotopic (exact) mass is 712 g/mol. The predicted molar refractivity (Wildman–Crippen MR) is 201 cm³/mol. The van der Waals surface area contributed by atoms with E-state index in [1.54, 1.807) is 0 Å². The van der Waals surface area contributed by atoms with Crippen LogP contribution in [0.15, 0.2) is 158 Å². The van der Waals surface area contributed by atoms with E-state index in [9.17, 15) is 0 Å². The van der Waals surface area contributed by atoms with Gasteiger partial charge in [-0.15, -0.1) is 0 Å². The third kappa shape index (κ3) is 6.51. The number of hydrogen-bond acceptors (Lipinski definition) is 0. The van der Waals surface area contributed by atoms with Crippen LogP contribution in [-0.2, 0) is 10.8 Å². The molecule has 0 saturated heterocycles. The first kappa shape index (κ1) is 33.5. The summed E-state index contributed by atoms with van der Waals surface area (Å²) in [6.07, 6.45) is -1.47. The second kappa shape index (κ2) is 13.5. The molecule has 0 heterocycles. The third-order valence-corrected chi connectivity index (χ3v) is 9.57. The first-order valence-corrected chi connectivity index (χ1v) is 16.3. The van der Waals surface area contributed by atoms with Crippen LogP contribution in [0.5, 0.6) is 0 Å². The Balaban J connectivity index is 0.00000417. The highest BCUT2D eigenvalue weighted by Crippen LogP contribution is 2.35. The zero-order valence-corrected chi connectivity index (χ0v) is 30.6. The number of benzene rings is 6. The highest BCUT2D eigenvalue weighted by molar-refractivity contribution is 7.19. The summed E-state index contributed by atoms with van der Waals surface area (Å²) in [4.78, 5) is 0. The smallest absolute Gasteiger partial charge is 0.195 e. The van der Waals surface area contributed by atoms with Crippen molar-refractivity contribution in [2.75, 3.05) is 0 Å². The third-order valence-electron chi connectivity index (χ3n) is 9.57. The summed E-state index contributed by atoms with van der Waals surface area (Å²) in [6.45, 7) is 13.7. The molecule has 0 bridgehead atoms. The Morgan fingerprint density at radius 3 is 1.04 bits per heavy atom.